The fraction of sp³-hybridized carbons (Fsp3) is 0.394. The van der Waals surface area contributed by atoms with E-state index >= 15 is 0 Å². The van der Waals surface area contributed by atoms with Crippen molar-refractivity contribution in [3.63, 3.8) is 0 Å². The van der Waals surface area contributed by atoms with Gasteiger partial charge in [0, 0.05) is 50.0 Å². The van der Waals surface area contributed by atoms with Crippen molar-refractivity contribution in [2.45, 2.75) is 52.7 Å². The van der Waals surface area contributed by atoms with Crippen molar-refractivity contribution in [2.24, 2.45) is 0 Å². The van der Waals surface area contributed by atoms with Crippen LogP contribution in [0.2, 0.25) is 0 Å². The highest BCUT2D eigenvalue weighted by atomic mass is 16.6. The van der Waals surface area contributed by atoms with Gasteiger partial charge in [-0.2, -0.15) is 0 Å². The van der Waals surface area contributed by atoms with Gasteiger partial charge >= 0.3 is 12.2 Å². The standard InChI is InChI=1S/C33H40N4O4/c1-21-23(18-29(22(2)30(21)34)36-14-16-37(17-15-36)32(39)41-33(3,4)5)19-35-31(38)40-20-28-26-12-8-6-10-24(26)25-11-7-9-13-27(25)28/h6-13,18,28H,14-17,19-20,34H2,1-5H3,(H,35,38). The third-order valence-corrected chi connectivity index (χ3v) is 8.02. The highest BCUT2D eigenvalue weighted by Gasteiger charge is 2.30. The van der Waals surface area contributed by atoms with Crippen LogP contribution < -0.4 is 16.0 Å². The van der Waals surface area contributed by atoms with E-state index in [2.05, 4.69) is 40.5 Å². The molecule has 1 fully saturated rings. The number of alkyl carbamates (subject to hydrolysis) is 1. The number of rotatable bonds is 5. The Hall–Kier alpha value is -4.20. The molecule has 0 aromatic heterocycles. The molecule has 0 spiro atoms. The number of amides is 2. The summed E-state index contributed by atoms with van der Waals surface area (Å²) in [4.78, 5) is 29.3. The molecule has 0 radical (unpaired) electrons. The number of anilines is 2. The summed E-state index contributed by atoms with van der Waals surface area (Å²) in [7, 11) is 0. The summed E-state index contributed by atoms with van der Waals surface area (Å²) in [6.07, 6.45) is -0.747. The lowest BCUT2D eigenvalue weighted by Crippen LogP contribution is -2.50. The second-order valence-corrected chi connectivity index (χ2v) is 11.9. The number of ether oxygens (including phenoxy) is 2. The Morgan fingerprint density at radius 1 is 0.927 bits per heavy atom. The van der Waals surface area contributed by atoms with Gasteiger partial charge < -0.3 is 30.3 Å². The van der Waals surface area contributed by atoms with Gasteiger partial charge in [0.15, 0.2) is 0 Å². The fourth-order valence-electron chi connectivity index (χ4n) is 5.76. The Morgan fingerprint density at radius 3 is 2.10 bits per heavy atom. The van der Waals surface area contributed by atoms with Gasteiger partial charge in [-0.25, -0.2) is 9.59 Å². The number of nitrogen functional groups attached to an aromatic ring is 1. The van der Waals surface area contributed by atoms with Crippen molar-refractivity contribution in [1.82, 2.24) is 10.2 Å². The number of benzene rings is 3. The summed E-state index contributed by atoms with van der Waals surface area (Å²) in [6, 6.07) is 18.7. The molecule has 3 aromatic rings. The van der Waals surface area contributed by atoms with Crippen molar-refractivity contribution in [2.75, 3.05) is 43.4 Å². The zero-order valence-corrected chi connectivity index (χ0v) is 24.6. The normalized spacial score (nSPS) is 14.9. The van der Waals surface area contributed by atoms with Gasteiger partial charge in [-0.1, -0.05) is 48.5 Å². The molecule has 1 aliphatic carbocycles. The van der Waals surface area contributed by atoms with Crippen molar-refractivity contribution >= 4 is 23.6 Å². The summed E-state index contributed by atoms with van der Waals surface area (Å²) in [6.45, 7) is 12.6. The molecule has 0 atom stereocenters. The van der Waals surface area contributed by atoms with Crippen LogP contribution >= 0.6 is 0 Å². The molecule has 1 saturated heterocycles. The number of piperazine rings is 1. The van der Waals surface area contributed by atoms with Crippen molar-refractivity contribution in [3.8, 4) is 11.1 Å². The van der Waals surface area contributed by atoms with Crippen LogP contribution in [-0.2, 0) is 16.0 Å². The van der Waals surface area contributed by atoms with E-state index in [1.807, 2.05) is 58.9 Å². The van der Waals surface area contributed by atoms with Crippen LogP contribution in [0.25, 0.3) is 11.1 Å². The Balaban J connectivity index is 1.21. The topological polar surface area (TPSA) is 97.1 Å². The minimum atomic E-state index is -0.522. The first kappa shape index (κ1) is 28.3. The van der Waals surface area contributed by atoms with Crippen LogP contribution in [0.3, 0.4) is 0 Å². The number of nitrogens with zero attached hydrogens (tertiary/aromatic N) is 2. The van der Waals surface area contributed by atoms with E-state index < -0.39 is 11.7 Å². The van der Waals surface area contributed by atoms with Gasteiger partial charge in [-0.3, -0.25) is 0 Å². The lowest BCUT2D eigenvalue weighted by atomic mass is 9.98. The van der Waals surface area contributed by atoms with E-state index in [1.165, 1.54) is 22.3 Å². The molecule has 0 saturated carbocycles. The maximum atomic E-state index is 12.8. The molecular weight excluding hydrogens is 516 g/mol. The maximum absolute atomic E-state index is 12.8. The minimum absolute atomic E-state index is 0.0101. The lowest BCUT2D eigenvalue weighted by Gasteiger charge is -2.38. The van der Waals surface area contributed by atoms with Gasteiger partial charge in [0.25, 0.3) is 0 Å². The Labute approximate surface area is 242 Å². The largest absolute Gasteiger partial charge is 0.449 e. The Bertz CT molecular complexity index is 1410. The van der Waals surface area contributed by atoms with Crippen molar-refractivity contribution < 1.29 is 19.1 Å². The summed E-state index contributed by atoms with van der Waals surface area (Å²) in [5, 5.41) is 2.93. The molecule has 2 aliphatic rings. The summed E-state index contributed by atoms with van der Waals surface area (Å²) in [5.41, 5.74) is 15.4. The van der Waals surface area contributed by atoms with Gasteiger partial charge in [-0.05, 0) is 79.6 Å². The van der Waals surface area contributed by atoms with Gasteiger partial charge in [-0.15, -0.1) is 0 Å². The average molecular weight is 557 g/mol. The highest BCUT2D eigenvalue weighted by Crippen LogP contribution is 2.44. The number of carbonyl (C=O) groups is 2. The first-order valence-corrected chi connectivity index (χ1v) is 14.2. The first-order chi connectivity index (χ1) is 19.5. The smallest absolute Gasteiger partial charge is 0.410 e. The highest BCUT2D eigenvalue weighted by molar-refractivity contribution is 5.79. The van der Waals surface area contributed by atoms with Crippen LogP contribution in [0.5, 0.6) is 0 Å². The molecule has 8 heteroatoms. The maximum Gasteiger partial charge on any atom is 0.410 e. The Kier molecular flexibility index (Phi) is 7.84. The van der Waals surface area contributed by atoms with Gasteiger partial charge in [0.05, 0.1) is 0 Å². The SMILES string of the molecule is Cc1c(CNC(=O)OCC2c3ccccc3-c3ccccc32)cc(N2CCN(C(=O)OC(C)(C)C)CC2)c(C)c1N. The number of nitrogens with one attached hydrogen (secondary N) is 1. The van der Waals surface area contributed by atoms with E-state index in [-0.39, 0.29) is 18.6 Å². The van der Waals surface area contributed by atoms with E-state index in [0.717, 1.165) is 22.4 Å². The first-order valence-electron chi connectivity index (χ1n) is 14.2. The molecule has 5 rings (SSSR count). The number of fused-ring (bicyclic) bond motifs is 3. The van der Waals surface area contributed by atoms with Crippen LogP contribution in [0, 0.1) is 13.8 Å². The zero-order valence-electron chi connectivity index (χ0n) is 24.6. The third kappa shape index (κ3) is 5.97. The van der Waals surface area contributed by atoms with Crippen LogP contribution in [0.4, 0.5) is 21.0 Å². The molecule has 1 aliphatic heterocycles. The van der Waals surface area contributed by atoms with Crippen molar-refractivity contribution in [1.29, 1.82) is 0 Å². The minimum Gasteiger partial charge on any atom is -0.449 e. The zero-order chi connectivity index (χ0) is 29.3. The van der Waals surface area contributed by atoms with Crippen LogP contribution in [0.1, 0.15) is 54.5 Å². The average Bonchev–Trinajstić information content (AvgIpc) is 3.27. The quantitative estimate of drug-likeness (QED) is 0.375. The molecule has 0 bridgehead atoms. The number of carbonyl (C=O) groups excluding carboxylic acids is 2. The van der Waals surface area contributed by atoms with Crippen molar-refractivity contribution in [3.05, 3.63) is 82.4 Å². The van der Waals surface area contributed by atoms with E-state index in [9.17, 15) is 9.59 Å². The number of nitrogens with two attached hydrogens (primary N) is 1. The van der Waals surface area contributed by atoms with E-state index in [4.69, 9.17) is 15.2 Å². The molecule has 8 nitrogen and oxygen atoms in total. The predicted octanol–water partition coefficient (Wildman–Crippen LogP) is 5.98. The third-order valence-electron chi connectivity index (χ3n) is 8.02. The van der Waals surface area contributed by atoms with Crippen LogP contribution in [0.15, 0.2) is 54.6 Å². The van der Waals surface area contributed by atoms with E-state index in [0.29, 0.717) is 38.4 Å². The van der Waals surface area contributed by atoms with Crippen LogP contribution in [-0.4, -0.2) is 55.5 Å². The van der Waals surface area contributed by atoms with Gasteiger partial charge in [0.2, 0.25) is 0 Å². The monoisotopic (exact) mass is 556 g/mol. The molecule has 216 valence electrons. The molecule has 2 amide bonds. The molecule has 41 heavy (non-hydrogen) atoms. The summed E-state index contributed by atoms with van der Waals surface area (Å²) in [5.74, 6) is 0.0101. The number of hydrogen-bond donors (Lipinski definition) is 2. The molecule has 0 unspecified atom stereocenters. The van der Waals surface area contributed by atoms with Gasteiger partial charge in [0.1, 0.15) is 12.2 Å². The molecular formula is C33H40N4O4. The Morgan fingerprint density at radius 2 is 1.51 bits per heavy atom. The summed E-state index contributed by atoms with van der Waals surface area (Å²) >= 11 is 0. The second kappa shape index (κ2) is 11.4. The fourth-order valence-corrected chi connectivity index (χ4v) is 5.76. The molecule has 1 heterocycles. The number of hydrogen-bond acceptors (Lipinski definition) is 6. The van der Waals surface area contributed by atoms with E-state index in [1.54, 1.807) is 4.90 Å². The summed E-state index contributed by atoms with van der Waals surface area (Å²) < 4.78 is 11.3. The lowest BCUT2D eigenvalue weighted by molar-refractivity contribution is 0.0240. The molecule has 3 N–H and O–H groups in total. The molecule has 3 aromatic carbocycles. The predicted molar refractivity (Wildman–Crippen MR) is 162 cm³/mol. The second-order valence-electron chi connectivity index (χ2n) is 11.9.